The Morgan fingerprint density at radius 1 is 0.753 bits per heavy atom. The van der Waals surface area contributed by atoms with Gasteiger partial charge < -0.3 is 41.1 Å². The predicted molar refractivity (Wildman–Crippen MR) is 351 cm³/mol. The molecule has 0 aliphatic carbocycles. The Morgan fingerprint density at radius 2 is 1.48 bits per heavy atom. The summed E-state index contributed by atoms with van der Waals surface area (Å²) >= 11 is 7.48. The zero-order chi connectivity index (χ0) is 65.8. The number of Topliss-reactive ketones (excluding diaryl/α,β-unsaturated/α-hetero) is 1. The van der Waals surface area contributed by atoms with Gasteiger partial charge in [-0.05, 0) is 49.8 Å². The lowest BCUT2D eigenvalue weighted by molar-refractivity contribution is -0.141. The van der Waals surface area contributed by atoms with E-state index in [1.807, 2.05) is 61.9 Å². The van der Waals surface area contributed by atoms with Crippen LogP contribution in [-0.2, 0) is 36.9 Å². The molecular weight excluding hydrogens is 1310 g/mol. The maximum absolute atomic E-state index is 14.5. The maximum Gasteiger partial charge on any atom is 0.326 e. The van der Waals surface area contributed by atoms with Crippen molar-refractivity contribution in [2.24, 2.45) is 5.92 Å². The third-order valence-corrected chi connectivity index (χ3v) is 21.6. The molecule has 25 nitrogen and oxygen atoms in total. The van der Waals surface area contributed by atoms with Crippen LogP contribution in [0.25, 0.3) is 49.2 Å². The van der Waals surface area contributed by atoms with Crippen LogP contribution in [0.5, 0.6) is 0 Å². The molecule has 93 heavy (non-hydrogen) atoms. The second kappa shape index (κ2) is 28.7. The van der Waals surface area contributed by atoms with Crippen molar-refractivity contribution in [3.63, 3.8) is 0 Å². The molecule has 10 heterocycles. The van der Waals surface area contributed by atoms with Gasteiger partial charge in [-0.1, -0.05) is 51.1 Å². The Balaban J connectivity index is 0.989. The Bertz CT molecular complexity index is 4320. The van der Waals surface area contributed by atoms with E-state index >= 15 is 0 Å². The molecule has 0 radical (unpaired) electrons. The molecule has 8 aromatic heterocycles. The highest BCUT2D eigenvalue weighted by Crippen LogP contribution is 2.41. The number of thiazole rings is 6. The normalized spacial score (nSPS) is 17.6. The summed E-state index contributed by atoms with van der Waals surface area (Å²) in [4.78, 5) is 150. The van der Waals surface area contributed by atoms with E-state index in [2.05, 4.69) is 26.3 Å². The first-order valence-corrected chi connectivity index (χ1v) is 34.7. The highest BCUT2D eigenvalue weighted by atomic mass is 32.1. The minimum atomic E-state index is -1.12. The highest BCUT2D eigenvalue weighted by Gasteiger charge is 2.37. The van der Waals surface area contributed by atoms with Gasteiger partial charge in [0.25, 0.3) is 17.7 Å². The number of carbonyl (C=O) groups excluding carboxylic acids is 6. The van der Waals surface area contributed by atoms with Crippen molar-refractivity contribution >= 4 is 115 Å². The van der Waals surface area contributed by atoms with Crippen LogP contribution >= 0.6 is 68.0 Å². The van der Waals surface area contributed by atoms with E-state index in [0.29, 0.717) is 92.6 Å². The second-order valence-electron chi connectivity index (χ2n) is 22.4. The van der Waals surface area contributed by atoms with Crippen molar-refractivity contribution in [1.29, 1.82) is 0 Å². The number of amides is 5. The molecule has 2 aliphatic heterocycles. The summed E-state index contributed by atoms with van der Waals surface area (Å²) < 4.78 is 7.11. The number of nitrogens with one attached hydrogen (secondary N) is 4. The lowest BCUT2D eigenvalue weighted by Crippen LogP contribution is -2.40. The Labute approximate surface area is 556 Å². The molecule has 2 unspecified atom stereocenters. The first kappa shape index (κ1) is 65.8. The average molecular weight is 1370 g/mol. The lowest BCUT2D eigenvalue weighted by Gasteiger charge is -2.24. The third-order valence-electron chi connectivity index (χ3n) is 15.8. The van der Waals surface area contributed by atoms with Gasteiger partial charge >= 0.3 is 11.9 Å². The lowest BCUT2D eigenvalue weighted by atomic mass is 9.90. The number of ketones is 1. The minimum Gasteiger partial charge on any atom is -0.481 e. The number of carboxylic acids is 2. The van der Waals surface area contributed by atoms with Crippen LogP contribution in [0.4, 0.5) is 0 Å². The van der Waals surface area contributed by atoms with Crippen molar-refractivity contribution in [2.45, 2.75) is 109 Å². The van der Waals surface area contributed by atoms with Crippen molar-refractivity contribution in [3.8, 4) is 49.2 Å². The van der Waals surface area contributed by atoms with Crippen LogP contribution in [0, 0.1) is 12.8 Å². The zero-order valence-corrected chi connectivity index (χ0v) is 55.9. The largest absolute Gasteiger partial charge is 0.481 e. The molecule has 1 saturated heterocycles. The molecule has 482 valence electrons. The van der Waals surface area contributed by atoms with E-state index in [-0.39, 0.29) is 85.7 Å². The number of aliphatic carboxylic acids is 2. The molecule has 31 heteroatoms. The molecule has 5 atom stereocenters. The number of hydrogen-bond donors (Lipinski definition) is 6. The van der Waals surface area contributed by atoms with E-state index in [9.17, 15) is 48.6 Å². The molecule has 1 aromatic carbocycles. The van der Waals surface area contributed by atoms with Crippen LogP contribution in [-0.4, -0.2) is 140 Å². The van der Waals surface area contributed by atoms with E-state index < -0.39 is 72.1 Å². The Hall–Kier alpha value is -8.72. The molecule has 10 bridgehead atoms. The van der Waals surface area contributed by atoms with Crippen LogP contribution in [0.3, 0.4) is 0 Å². The molecule has 1 fully saturated rings. The summed E-state index contributed by atoms with van der Waals surface area (Å²) in [5.41, 5.74) is 3.37. The smallest absolute Gasteiger partial charge is 0.326 e. The summed E-state index contributed by atoms with van der Waals surface area (Å²) in [5, 5.41) is 40.6. The van der Waals surface area contributed by atoms with Gasteiger partial charge in [-0.2, -0.15) is 0 Å². The third kappa shape index (κ3) is 14.6. The van der Waals surface area contributed by atoms with Crippen LogP contribution in [0.15, 0.2) is 70.2 Å². The number of methoxy groups -OCH3 is 1. The van der Waals surface area contributed by atoms with Gasteiger partial charge in [-0.15, -0.1) is 68.0 Å². The molecular formula is C62H62N14O11S6. The van der Waals surface area contributed by atoms with Gasteiger partial charge in [-0.3, -0.25) is 38.1 Å². The number of ether oxygens (including phenoxy) is 1. The number of carbonyl (C=O) groups is 8. The van der Waals surface area contributed by atoms with Crippen molar-refractivity contribution in [1.82, 2.24) is 70.6 Å². The van der Waals surface area contributed by atoms with E-state index in [4.69, 9.17) is 39.6 Å². The number of benzene rings is 1. The number of aromatic nitrogens is 9. The van der Waals surface area contributed by atoms with Gasteiger partial charge in [0.05, 0.1) is 47.2 Å². The van der Waals surface area contributed by atoms with Gasteiger partial charge in [0.15, 0.2) is 5.78 Å². The summed E-state index contributed by atoms with van der Waals surface area (Å²) in [6, 6.07) is 10.5. The molecule has 0 saturated carbocycles. The first-order chi connectivity index (χ1) is 44.7. The van der Waals surface area contributed by atoms with Crippen molar-refractivity contribution < 1.29 is 53.3 Å². The molecule has 5 amide bonds. The van der Waals surface area contributed by atoms with Gasteiger partial charge in [-0.25, -0.2) is 44.7 Å². The fourth-order valence-corrected chi connectivity index (χ4v) is 16.6. The number of imidazole rings is 1. The topological polar surface area (TPSA) is 346 Å². The minimum absolute atomic E-state index is 0.00750. The number of hydrogen-bond acceptors (Lipinski definition) is 23. The predicted octanol–water partition coefficient (Wildman–Crippen LogP) is 9.55. The fourth-order valence-electron chi connectivity index (χ4n) is 10.9. The number of carboxylic acid groups (broad SMARTS) is 2. The molecule has 2 aliphatic rings. The monoisotopic (exact) mass is 1370 g/mol. The van der Waals surface area contributed by atoms with E-state index in [1.54, 1.807) is 34.4 Å². The number of aryl methyl sites for hydroxylation is 2. The second-order valence-corrected chi connectivity index (χ2v) is 28.2. The number of pyridine rings is 1. The fraction of sp³-hybridized carbons (Fsp3) is 0.355. The molecule has 0 spiro atoms. The highest BCUT2D eigenvalue weighted by molar-refractivity contribution is 7.15. The van der Waals surface area contributed by atoms with E-state index in [1.165, 1.54) is 93.3 Å². The quantitative estimate of drug-likeness (QED) is 0.0556. The average Bonchev–Trinajstić information content (AvgIpc) is 1.69. The van der Waals surface area contributed by atoms with Crippen LogP contribution < -0.4 is 21.3 Å². The van der Waals surface area contributed by atoms with Crippen molar-refractivity contribution in [2.75, 3.05) is 27.2 Å². The Morgan fingerprint density at radius 3 is 2.24 bits per heavy atom. The molecule has 9 aromatic rings. The number of fused-ring (bicyclic) bond motifs is 14. The SMILES string of the molecule is CNC(=O)C[C@@H]1NC(=O)c2csc(n2)-c2ccc(-c3nc(-n4cc(C(=O)N5CCCC5C(=O)O)nc4CCCC(=O)O)cs3)nc2-c2csc(n2)-c2csc(n2)[C@H]([C@@H](C)c2ccccc2)NC(=O)CNC(=O)c2nc(sc2COC)C(C(C)C)CC(=O)c2nc1sc2C. The Kier molecular flexibility index (Phi) is 20.3. The summed E-state index contributed by atoms with van der Waals surface area (Å²) in [5.74, 6) is -5.29. The van der Waals surface area contributed by atoms with Gasteiger partial charge in [0.1, 0.15) is 82.6 Å². The number of nitrogens with zero attached hydrogens (tertiary/aromatic N) is 10. The molecule has 6 N–H and O–H groups in total. The van der Waals surface area contributed by atoms with Gasteiger partial charge in [0.2, 0.25) is 11.8 Å². The summed E-state index contributed by atoms with van der Waals surface area (Å²) in [7, 11) is 2.98. The summed E-state index contributed by atoms with van der Waals surface area (Å²) in [6.07, 6.45) is 2.26. The first-order valence-electron chi connectivity index (χ1n) is 29.6. The van der Waals surface area contributed by atoms with Crippen molar-refractivity contribution in [3.05, 3.63) is 129 Å². The van der Waals surface area contributed by atoms with Crippen LogP contribution in [0.1, 0.15) is 161 Å². The van der Waals surface area contributed by atoms with E-state index in [0.717, 1.165) is 5.56 Å². The van der Waals surface area contributed by atoms with Gasteiger partial charge in [0, 0.05) is 90.0 Å². The van der Waals surface area contributed by atoms with Crippen LogP contribution in [0.2, 0.25) is 0 Å². The standard InChI is InChI=1S/C62H62N14O11S6/c1-29(2)34-20-42(77)50-31(4)92-59(73-50)36(21-46(78)63-5)67-53(82)39-26-88-55(69-39)33-17-18-35(57-71-45(28-91-57)76-23-37(65-44(76)15-10-16-48(80)81)61(84)75-19-11-14-41(75)62(85)86)66-51(33)38-25-89-58(68-38)40-27-90-60(70-40)49(30(3)32-12-8-7-9-13-32)72-47(79)22-64-54(83)52-43(24-87-6)93-56(34)74-52/h7-9,12-13,17-18,23,25-30,34,36,41,49H,10-11,14-16,19-22,24H2,1-6H3,(H,63,78)(H,64,83)(H,67,82)(H,72,79)(H,80,81)(H,85,86)/t30-,34?,36-,41?,49-/m0/s1. The zero-order valence-electron chi connectivity index (χ0n) is 51.0. The number of likely N-dealkylation sites (tertiary alicyclic amines) is 1. The summed E-state index contributed by atoms with van der Waals surface area (Å²) in [6.45, 7) is 7.52. The molecule has 11 rings (SSSR count). The maximum atomic E-state index is 14.5. The number of rotatable bonds is 15.